The van der Waals surface area contributed by atoms with Crippen molar-refractivity contribution in [3.05, 3.63) is 29.3 Å². The van der Waals surface area contributed by atoms with E-state index in [9.17, 15) is 4.79 Å². The fourth-order valence-corrected chi connectivity index (χ4v) is 3.52. The highest BCUT2D eigenvalue weighted by Crippen LogP contribution is 2.23. The molecule has 1 heterocycles. The molecule has 23 heavy (non-hydrogen) atoms. The Balaban J connectivity index is 1.97. The van der Waals surface area contributed by atoms with Gasteiger partial charge in [0, 0.05) is 5.69 Å². The van der Waals surface area contributed by atoms with Gasteiger partial charge < -0.3 is 5.32 Å². The Labute approximate surface area is 141 Å². The third-order valence-electron chi connectivity index (χ3n) is 4.94. The van der Waals surface area contributed by atoms with Gasteiger partial charge in [0.15, 0.2) is 0 Å². The van der Waals surface area contributed by atoms with Crippen LogP contribution in [-0.4, -0.2) is 29.9 Å². The summed E-state index contributed by atoms with van der Waals surface area (Å²) in [5.41, 5.74) is 3.28. The molecular formula is C20H32N2O. The first-order valence-electron chi connectivity index (χ1n) is 9.24. The summed E-state index contributed by atoms with van der Waals surface area (Å²) in [6.07, 6.45) is 8.42. The predicted molar refractivity (Wildman–Crippen MR) is 97.9 cm³/mol. The molecule has 1 aromatic rings. The Morgan fingerprint density at radius 2 is 1.91 bits per heavy atom. The number of likely N-dealkylation sites (tertiary alicyclic amines) is 1. The molecule has 0 aliphatic carbocycles. The molecule has 1 aliphatic rings. The zero-order valence-corrected chi connectivity index (χ0v) is 15.0. The van der Waals surface area contributed by atoms with Gasteiger partial charge in [0.2, 0.25) is 5.91 Å². The molecule has 0 aromatic heterocycles. The summed E-state index contributed by atoms with van der Waals surface area (Å²) in [4.78, 5) is 15.2. The number of benzene rings is 1. The Morgan fingerprint density at radius 3 is 2.61 bits per heavy atom. The SMILES string of the molecule is CCCCCCN1CCCC[C@@H]1C(=O)Nc1c(C)cccc1C. The van der Waals surface area contributed by atoms with Crippen molar-refractivity contribution >= 4 is 11.6 Å². The lowest BCUT2D eigenvalue weighted by Gasteiger charge is -2.35. The summed E-state index contributed by atoms with van der Waals surface area (Å²) in [6.45, 7) is 8.49. The van der Waals surface area contributed by atoms with E-state index in [4.69, 9.17) is 0 Å². The number of para-hydroxylation sites is 1. The molecule has 3 nitrogen and oxygen atoms in total. The van der Waals surface area contributed by atoms with Crippen LogP contribution in [0.2, 0.25) is 0 Å². The van der Waals surface area contributed by atoms with Gasteiger partial charge >= 0.3 is 0 Å². The van der Waals surface area contributed by atoms with E-state index in [2.05, 4.69) is 43.1 Å². The molecular weight excluding hydrogens is 284 g/mol. The van der Waals surface area contributed by atoms with Gasteiger partial charge in [-0.1, -0.05) is 50.8 Å². The number of nitrogens with one attached hydrogen (secondary N) is 1. The predicted octanol–water partition coefficient (Wildman–Crippen LogP) is 4.68. The van der Waals surface area contributed by atoms with Crippen LogP contribution in [0.1, 0.15) is 63.0 Å². The summed E-state index contributed by atoms with van der Waals surface area (Å²) in [5, 5.41) is 3.20. The van der Waals surface area contributed by atoms with E-state index in [1.807, 2.05) is 6.07 Å². The number of rotatable bonds is 7. The topological polar surface area (TPSA) is 32.3 Å². The van der Waals surface area contributed by atoms with Crippen LogP contribution in [0.4, 0.5) is 5.69 Å². The lowest BCUT2D eigenvalue weighted by molar-refractivity contribution is -0.122. The molecule has 1 N–H and O–H groups in total. The van der Waals surface area contributed by atoms with E-state index in [0.717, 1.165) is 42.7 Å². The maximum Gasteiger partial charge on any atom is 0.241 e. The average Bonchev–Trinajstić information content (AvgIpc) is 2.55. The van der Waals surface area contributed by atoms with Crippen molar-refractivity contribution in [1.82, 2.24) is 4.90 Å². The Hall–Kier alpha value is -1.35. The summed E-state index contributed by atoms with van der Waals surface area (Å²) in [7, 11) is 0. The summed E-state index contributed by atoms with van der Waals surface area (Å²) in [6, 6.07) is 6.21. The van der Waals surface area contributed by atoms with Gasteiger partial charge in [-0.3, -0.25) is 9.69 Å². The van der Waals surface area contributed by atoms with Crippen LogP contribution in [0.15, 0.2) is 18.2 Å². The number of hydrogen-bond acceptors (Lipinski definition) is 2. The number of piperidine rings is 1. The maximum absolute atomic E-state index is 12.8. The fourth-order valence-electron chi connectivity index (χ4n) is 3.52. The number of carbonyl (C=O) groups is 1. The van der Waals surface area contributed by atoms with Gasteiger partial charge in [0.1, 0.15) is 0 Å². The molecule has 2 rings (SSSR count). The van der Waals surface area contributed by atoms with Crippen molar-refractivity contribution in [1.29, 1.82) is 0 Å². The first kappa shape index (κ1) is 18.0. The van der Waals surface area contributed by atoms with E-state index in [0.29, 0.717) is 0 Å². The molecule has 0 radical (unpaired) electrons. The maximum atomic E-state index is 12.8. The molecule has 0 bridgehead atoms. The van der Waals surface area contributed by atoms with Gasteiger partial charge in [-0.05, 0) is 57.3 Å². The van der Waals surface area contributed by atoms with Crippen LogP contribution in [-0.2, 0) is 4.79 Å². The molecule has 1 fully saturated rings. The van der Waals surface area contributed by atoms with Crippen molar-refractivity contribution in [3.8, 4) is 0 Å². The van der Waals surface area contributed by atoms with Gasteiger partial charge in [-0.25, -0.2) is 0 Å². The smallest absolute Gasteiger partial charge is 0.241 e. The number of hydrogen-bond donors (Lipinski definition) is 1. The van der Waals surface area contributed by atoms with Gasteiger partial charge in [-0.2, -0.15) is 0 Å². The van der Waals surface area contributed by atoms with Gasteiger partial charge in [0.25, 0.3) is 0 Å². The molecule has 3 heteroatoms. The largest absolute Gasteiger partial charge is 0.324 e. The molecule has 1 aliphatic heterocycles. The van der Waals surface area contributed by atoms with Crippen molar-refractivity contribution in [2.45, 2.75) is 71.8 Å². The third-order valence-corrected chi connectivity index (χ3v) is 4.94. The lowest BCUT2D eigenvalue weighted by atomic mass is 10.00. The normalized spacial score (nSPS) is 18.8. The van der Waals surface area contributed by atoms with Gasteiger partial charge in [-0.15, -0.1) is 0 Å². The molecule has 1 atom stereocenters. The Morgan fingerprint density at radius 1 is 1.17 bits per heavy atom. The zero-order chi connectivity index (χ0) is 16.7. The number of anilines is 1. The van der Waals surface area contributed by atoms with Gasteiger partial charge in [0.05, 0.1) is 6.04 Å². The minimum Gasteiger partial charge on any atom is -0.324 e. The third kappa shape index (κ3) is 5.07. The van der Waals surface area contributed by atoms with Crippen molar-refractivity contribution in [3.63, 3.8) is 0 Å². The highest BCUT2D eigenvalue weighted by Gasteiger charge is 2.28. The molecule has 0 saturated carbocycles. The number of amides is 1. The van der Waals surface area contributed by atoms with Crippen molar-refractivity contribution in [2.24, 2.45) is 0 Å². The standard InChI is InChI=1S/C20H32N2O/c1-4-5-6-8-14-22-15-9-7-13-18(22)20(23)21-19-16(2)11-10-12-17(19)3/h10-12,18H,4-9,13-15H2,1-3H3,(H,21,23)/t18-/m1/s1. The average molecular weight is 316 g/mol. The van der Waals surface area contributed by atoms with Crippen LogP contribution >= 0.6 is 0 Å². The van der Waals surface area contributed by atoms with Crippen LogP contribution in [0.25, 0.3) is 0 Å². The second-order valence-corrected chi connectivity index (χ2v) is 6.86. The number of carbonyl (C=O) groups excluding carboxylic acids is 1. The molecule has 1 saturated heterocycles. The van der Waals surface area contributed by atoms with E-state index in [1.165, 1.54) is 32.1 Å². The minimum atomic E-state index is 0.0457. The van der Waals surface area contributed by atoms with E-state index < -0.39 is 0 Å². The van der Waals surface area contributed by atoms with Crippen LogP contribution in [0, 0.1) is 13.8 Å². The summed E-state index contributed by atoms with van der Waals surface area (Å²) in [5.74, 6) is 0.178. The second kappa shape index (κ2) is 9.07. The van der Waals surface area contributed by atoms with Crippen molar-refractivity contribution < 1.29 is 4.79 Å². The summed E-state index contributed by atoms with van der Waals surface area (Å²) < 4.78 is 0. The highest BCUT2D eigenvalue weighted by atomic mass is 16.2. The number of unbranched alkanes of at least 4 members (excludes halogenated alkanes) is 3. The minimum absolute atomic E-state index is 0.0457. The second-order valence-electron chi connectivity index (χ2n) is 6.86. The monoisotopic (exact) mass is 316 g/mol. The van der Waals surface area contributed by atoms with Crippen LogP contribution < -0.4 is 5.32 Å². The summed E-state index contributed by atoms with van der Waals surface area (Å²) >= 11 is 0. The number of aryl methyl sites for hydroxylation is 2. The molecule has 128 valence electrons. The Bertz CT molecular complexity index is 492. The Kier molecular flexibility index (Phi) is 7.10. The fraction of sp³-hybridized carbons (Fsp3) is 0.650. The molecule has 0 unspecified atom stereocenters. The molecule has 1 amide bonds. The lowest BCUT2D eigenvalue weighted by Crippen LogP contribution is -2.47. The van der Waals surface area contributed by atoms with Crippen LogP contribution in [0.3, 0.4) is 0 Å². The first-order chi connectivity index (χ1) is 11.1. The quantitative estimate of drug-likeness (QED) is 0.741. The first-order valence-corrected chi connectivity index (χ1v) is 9.24. The number of nitrogens with zero attached hydrogens (tertiary/aromatic N) is 1. The van der Waals surface area contributed by atoms with E-state index >= 15 is 0 Å². The zero-order valence-electron chi connectivity index (χ0n) is 15.0. The molecule has 0 spiro atoms. The van der Waals surface area contributed by atoms with E-state index in [-0.39, 0.29) is 11.9 Å². The van der Waals surface area contributed by atoms with Crippen LogP contribution in [0.5, 0.6) is 0 Å². The highest BCUT2D eigenvalue weighted by molar-refractivity contribution is 5.96. The van der Waals surface area contributed by atoms with E-state index in [1.54, 1.807) is 0 Å². The molecule has 1 aromatic carbocycles. The van der Waals surface area contributed by atoms with Crippen molar-refractivity contribution in [2.75, 3.05) is 18.4 Å².